The lowest BCUT2D eigenvalue weighted by Gasteiger charge is -2.32. The highest BCUT2D eigenvalue weighted by Crippen LogP contribution is 2.33. The largest absolute Gasteiger partial charge is 0.508 e. The number of phenolic OH excluding ortho intramolecular Hbond substituents is 1. The quantitative estimate of drug-likeness (QED) is 0.696. The molecule has 4 rings (SSSR count). The lowest BCUT2D eigenvalue weighted by molar-refractivity contribution is -0.113. The van der Waals surface area contributed by atoms with Crippen LogP contribution in [0.2, 0.25) is 5.02 Å². The van der Waals surface area contributed by atoms with Crippen LogP contribution in [0.25, 0.3) is 0 Å². The first-order valence-corrected chi connectivity index (χ1v) is 10.5. The Hall–Kier alpha value is -1.63. The molecule has 0 radical (unpaired) electrons. The van der Waals surface area contributed by atoms with Crippen LogP contribution in [0, 0.1) is 0 Å². The highest BCUT2D eigenvalue weighted by Gasteiger charge is 2.29. The summed E-state index contributed by atoms with van der Waals surface area (Å²) < 4.78 is 10.8. The first-order chi connectivity index (χ1) is 14.0. The molecule has 2 heterocycles. The van der Waals surface area contributed by atoms with E-state index >= 15 is 0 Å². The molecule has 2 aromatic rings. The number of ether oxygens (including phenoxy) is 2. The monoisotopic (exact) mass is 420 g/mol. The Morgan fingerprint density at radius 1 is 1.00 bits per heavy atom. The van der Waals surface area contributed by atoms with Crippen molar-refractivity contribution in [1.82, 2.24) is 0 Å². The SMILES string of the molecule is C1CCOC1.OCC1CC(O)CC(c2ccc(Cl)c(Cc3ccc(O)cc3)c2)O1. The molecule has 0 aromatic heterocycles. The van der Waals surface area contributed by atoms with E-state index in [1.165, 1.54) is 12.8 Å². The van der Waals surface area contributed by atoms with E-state index < -0.39 is 6.10 Å². The normalized spacial score (nSPS) is 24.0. The summed E-state index contributed by atoms with van der Waals surface area (Å²) in [6.45, 7) is 1.90. The molecule has 2 saturated heterocycles. The fraction of sp³-hybridized carbons (Fsp3) is 0.478. The molecule has 3 unspecified atom stereocenters. The fourth-order valence-electron chi connectivity index (χ4n) is 3.60. The lowest BCUT2D eigenvalue weighted by Crippen LogP contribution is -2.33. The van der Waals surface area contributed by atoms with E-state index in [1.807, 2.05) is 30.3 Å². The van der Waals surface area contributed by atoms with Crippen LogP contribution < -0.4 is 0 Å². The molecule has 0 saturated carbocycles. The van der Waals surface area contributed by atoms with Gasteiger partial charge in [-0.25, -0.2) is 0 Å². The summed E-state index contributed by atoms with van der Waals surface area (Å²) in [6.07, 6.45) is 3.11. The standard InChI is InChI=1S/C19H21ClO4.C4H8O/c20-18-6-3-13(19-10-16(23)9-17(11-21)24-19)8-14(18)7-12-1-4-15(22)5-2-12;1-2-4-5-3-1/h1-6,8,16-17,19,21-23H,7,9-11H2;1-4H2. The highest BCUT2D eigenvalue weighted by atomic mass is 35.5. The lowest BCUT2D eigenvalue weighted by atomic mass is 9.94. The summed E-state index contributed by atoms with van der Waals surface area (Å²) in [4.78, 5) is 0. The van der Waals surface area contributed by atoms with E-state index in [2.05, 4.69) is 0 Å². The zero-order valence-corrected chi connectivity index (χ0v) is 17.2. The maximum Gasteiger partial charge on any atom is 0.115 e. The maximum atomic E-state index is 9.99. The van der Waals surface area contributed by atoms with Crippen molar-refractivity contribution in [3.05, 3.63) is 64.2 Å². The highest BCUT2D eigenvalue weighted by molar-refractivity contribution is 6.31. The zero-order valence-electron chi connectivity index (χ0n) is 16.5. The summed E-state index contributed by atoms with van der Waals surface area (Å²) in [5.41, 5.74) is 2.96. The van der Waals surface area contributed by atoms with Gasteiger partial charge in [-0.3, -0.25) is 0 Å². The van der Waals surface area contributed by atoms with Gasteiger partial charge in [0, 0.05) is 31.1 Å². The molecule has 2 aliphatic rings. The third-order valence-electron chi connectivity index (χ3n) is 5.18. The smallest absolute Gasteiger partial charge is 0.115 e. The molecule has 0 amide bonds. The predicted octanol–water partition coefficient (Wildman–Crippen LogP) is 4.01. The molecule has 2 aliphatic heterocycles. The average molecular weight is 421 g/mol. The molecular weight excluding hydrogens is 392 g/mol. The van der Waals surface area contributed by atoms with E-state index in [4.69, 9.17) is 21.1 Å². The van der Waals surface area contributed by atoms with Gasteiger partial charge >= 0.3 is 0 Å². The second-order valence-corrected chi connectivity index (χ2v) is 7.98. The first-order valence-electron chi connectivity index (χ1n) is 10.1. The Bertz CT molecular complexity index is 753. The van der Waals surface area contributed by atoms with Gasteiger partial charge in [0.2, 0.25) is 0 Å². The third-order valence-corrected chi connectivity index (χ3v) is 5.55. The molecule has 3 N–H and O–H groups in total. The number of aliphatic hydroxyl groups excluding tert-OH is 2. The molecule has 0 spiro atoms. The fourth-order valence-corrected chi connectivity index (χ4v) is 3.78. The van der Waals surface area contributed by atoms with Gasteiger partial charge in [0.25, 0.3) is 0 Å². The predicted molar refractivity (Wildman–Crippen MR) is 112 cm³/mol. The van der Waals surface area contributed by atoms with Crippen molar-refractivity contribution in [1.29, 1.82) is 0 Å². The number of hydrogen-bond donors (Lipinski definition) is 3. The van der Waals surface area contributed by atoms with Gasteiger partial charge in [-0.15, -0.1) is 0 Å². The number of aliphatic hydroxyl groups is 2. The topological polar surface area (TPSA) is 79.2 Å². The summed E-state index contributed by atoms with van der Waals surface area (Å²) in [5, 5.41) is 29.3. The van der Waals surface area contributed by atoms with Crippen molar-refractivity contribution >= 4 is 11.6 Å². The Morgan fingerprint density at radius 2 is 1.72 bits per heavy atom. The van der Waals surface area contributed by atoms with Gasteiger partial charge in [-0.05, 0) is 54.2 Å². The molecule has 2 fully saturated rings. The zero-order chi connectivity index (χ0) is 20.6. The molecule has 158 valence electrons. The van der Waals surface area contributed by atoms with Gasteiger partial charge < -0.3 is 24.8 Å². The van der Waals surface area contributed by atoms with Crippen LogP contribution in [0.3, 0.4) is 0 Å². The van der Waals surface area contributed by atoms with Gasteiger partial charge in [-0.2, -0.15) is 0 Å². The molecule has 6 heteroatoms. The van der Waals surface area contributed by atoms with Crippen molar-refractivity contribution < 1.29 is 24.8 Å². The molecule has 3 atom stereocenters. The molecule has 0 aliphatic carbocycles. The van der Waals surface area contributed by atoms with E-state index in [9.17, 15) is 15.3 Å². The van der Waals surface area contributed by atoms with Gasteiger partial charge in [0.15, 0.2) is 0 Å². The summed E-state index contributed by atoms with van der Waals surface area (Å²) in [6, 6.07) is 12.8. The number of phenols is 1. The average Bonchev–Trinajstić information content (AvgIpc) is 3.31. The van der Waals surface area contributed by atoms with E-state index in [1.54, 1.807) is 12.1 Å². The van der Waals surface area contributed by atoms with Crippen LogP contribution in [0.15, 0.2) is 42.5 Å². The van der Waals surface area contributed by atoms with Crippen molar-refractivity contribution in [2.24, 2.45) is 0 Å². The third kappa shape index (κ3) is 6.69. The minimum atomic E-state index is -0.475. The van der Waals surface area contributed by atoms with Gasteiger partial charge in [0.05, 0.1) is 24.9 Å². The van der Waals surface area contributed by atoms with Crippen molar-refractivity contribution in [3.63, 3.8) is 0 Å². The Kier molecular flexibility index (Phi) is 8.33. The summed E-state index contributed by atoms with van der Waals surface area (Å²) in [5.74, 6) is 0.234. The number of benzene rings is 2. The van der Waals surface area contributed by atoms with Crippen molar-refractivity contribution in [2.75, 3.05) is 19.8 Å². The second kappa shape index (κ2) is 11.0. The van der Waals surface area contributed by atoms with Gasteiger partial charge in [-0.1, -0.05) is 35.9 Å². The number of rotatable bonds is 4. The van der Waals surface area contributed by atoms with Crippen LogP contribution in [0.4, 0.5) is 0 Å². The van der Waals surface area contributed by atoms with Crippen molar-refractivity contribution in [3.8, 4) is 5.75 Å². The molecule has 0 bridgehead atoms. The molecular formula is C23H29ClO5. The van der Waals surface area contributed by atoms with Crippen LogP contribution in [-0.4, -0.2) is 47.3 Å². The summed E-state index contributed by atoms with van der Waals surface area (Å²) >= 11 is 6.32. The van der Waals surface area contributed by atoms with Crippen molar-refractivity contribution in [2.45, 2.75) is 50.4 Å². The molecule has 5 nitrogen and oxygen atoms in total. The van der Waals surface area contributed by atoms with Crippen LogP contribution in [-0.2, 0) is 15.9 Å². The van der Waals surface area contributed by atoms with E-state index in [0.717, 1.165) is 29.9 Å². The Balaban J connectivity index is 0.000000419. The number of halogens is 1. The minimum absolute atomic E-state index is 0.0957. The number of aromatic hydroxyl groups is 1. The van der Waals surface area contributed by atoms with Crippen LogP contribution >= 0.6 is 11.6 Å². The Morgan fingerprint density at radius 3 is 2.34 bits per heavy atom. The number of hydrogen-bond acceptors (Lipinski definition) is 5. The minimum Gasteiger partial charge on any atom is -0.508 e. The molecule has 2 aromatic carbocycles. The van der Waals surface area contributed by atoms with E-state index in [0.29, 0.717) is 24.3 Å². The Labute approximate surface area is 176 Å². The summed E-state index contributed by atoms with van der Waals surface area (Å²) in [7, 11) is 0. The van der Waals surface area contributed by atoms with Crippen LogP contribution in [0.5, 0.6) is 5.75 Å². The van der Waals surface area contributed by atoms with Gasteiger partial charge in [0.1, 0.15) is 5.75 Å². The first kappa shape index (κ1) is 22.1. The van der Waals surface area contributed by atoms with Crippen LogP contribution in [0.1, 0.15) is 48.5 Å². The second-order valence-electron chi connectivity index (χ2n) is 7.57. The molecule has 29 heavy (non-hydrogen) atoms. The van der Waals surface area contributed by atoms with E-state index in [-0.39, 0.29) is 24.6 Å². The maximum absolute atomic E-state index is 9.99.